The minimum Gasteiger partial charge on any atom is -0.473 e. The van der Waals surface area contributed by atoms with Crippen LogP contribution >= 0.6 is 0 Å². The Morgan fingerprint density at radius 3 is 2.69 bits per heavy atom. The van der Waals surface area contributed by atoms with E-state index in [1.165, 1.54) is 6.07 Å². The van der Waals surface area contributed by atoms with Crippen LogP contribution in [-0.2, 0) is 40.6 Å². The number of nitrogens with zero attached hydrogens (tertiary/aromatic N) is 4. The number of carbonyl (C=O) groups is 2. The second-order valence-corrected chi connectivity index (χ2v) is 12.0. The molecule has 0 radical (unpaired) electrons. The van der Waals surface area contributed by atoms with Crippen LogP contribution in [0.1, 0.15) is 58.7 Å². The second kappa shape index (κ2) is 12.9. The first-order chi connectivity index (χ1) is 22.0. The third-order valence-corrected chi connectivity index (χ3v) is 8.76. The zero-order valence-electron chi connectivity index (χ0n) is 25.0. The summed E-state index contributed by atoms with van der Waals surface area (Å²) in [6.45, 7) is 4.54. The van der Waals surface area contributed by atoms with E-state index in [2.05, 4.69) is 15.5 Å². The van der Waals surface area contributed by atoms with Crippen LogP contribution in [0.5, 0.6) is 5.88 Å². The Morgan fingerprint density at radius 1 is 1.07 bits per heavy atom. The lowest BCUT2D eigenvalue weighted by Gasteiger charge is -2.29. The van der Waals surface area contributed by atoms with Gasteiger partial charge in [-0.3, -0.25) is 14.5 Å². The fourth-order valence-corrected chi connectivity index (χ4v) is 5.91. The van der Waals surface area contributed by atoms with Crippen LogP contribution in [0.3, 0.4) is 0 Å². The first-order valence-corrected chi connectivity index (χ1v) is 15.5. The largest absolute Gasteiger partial charge is 0.473 e. The van der Waals surface area contributed by atoms with E-state index in [0.717, 1.165) is 85.6 Å². The average Bonchev–Trinajstić information content (AvgIpc) is 3.84. The number of aromatic nitrogens is 3. The number of imidazole rings is 1. The van der Waals surface area contributed by atoms with Crippen molar-refractivity contribution in [3.63, 3.8) is 0 Å². The van der Waals surface area contributed by atoms with Gasteiger partial charge in [0.2, 0.25) is 5.88 Å². The normalized spacial score (nSPS) is 18.3. The van der Waals surface area contributed by atoms with Crippen molar-refractivity contribution in [1.29, 1.82) is 0 Å². The first-order valence-electron chi connectivity index (χ1n) is 15.5. The van der Waals surface area contributed by atoms with Gasteiger partial charge in [-0.1, -0.05) is 30.3 Å². The molecular formula is C35H35FN4O5. The molecule has 3 aliphatic rings. The third kappa shape index (κ3) is 6.67. The van der Waals surface area contributed by atoms with Crippen LogP contribution in [0.25, 0.3) is 16.6 Å². The summed E-state index contributed by atoms with van der Waals surface area (Å²) in [5.41, 5.74) is 5.66. The minimum atomic E-state index is -0.436. The van der Waals surface area contributed by atoms with Crippen molar-refractivity contribution in [2.45, 2.75) is 58.1 Å². The molecular weight excluding hydrogens is 575 g/mol. The summed E-state index contributed by atoms with van der Waals surface area (Å²) in [6.07, 6.45) is 6.01. The Bertz CT molecular complexity index is 1760. The molecule has 0 amide bonds. The monoisotopic (exact) mass is 610 g/mol. The van der Waals surface area contributed by atoms with Crippen molar-refractivity contribution < 1.29 is 28.2 Å². The average molecular weight is 611 g/mol. The molecule has 9 nitrogen and oxygen atoms in total. The van der Waals surface area contributed by atoms with Gasteiger partial charge in [0, 0.05) is 42.8 Å². The maximum atomic E-state index is 14.7. The number of benzene rings is 2. The minimum absolute atomic E-state index is 0.0218. The predicted octanol–water partition coefficient (Wildman–Crippen LogP) is 5.49. The summed E-state index contributed by atoms with van der Waals surface area (Å²) in [6, 6.07) is 16.2. The van der Waals surface area contributed by atoms with Gasteiger partial charge in [-0.2, -0.15) is 0 Å². The molecule has 0 N–H and O–H groups in total. The van der Waals surface area contributed by atoms with E-state index in [0.29, 0.717) is 30.0 Å². The summed E-state index contributed by atoms with van der Waals surface area (Å²) >= 11 is 0. The zero-order chi connectivity index (χ0) is 30.8. The summed E-state index contributed by atoms with van der Waals surface area (Å²) < 4.78 is 33.5. The highest BCUT2D eigenvalue weighted by Crippen LogP contribution is 2.33. The fourth-order valence-electron chi connectivity index (χ4n) is 5.91. The van der Waals surface area contributed by atoms with Gasteiger partial charge in [0.05, 0.1) is 35.9 Å². The van der Waals surface area contributed by atoms with Crippen LogP contribution < -0.4 is 4.74 Å². The van der Waals surface area contributed by atoms with Crippen LogP contribution in [0.2, 0.25) is 0 Å². The highest BCUT2D eigenvalue weighted by Gasteiger charge is 2.30. The summed E-state index contributed by atoms with van der Waals surface area (Å²) in [4.78, 5) is 35.0. The Balaban J connectivity index is 1.00. The number of pyridine rings is 1. The zero-order valence-corrected chi connectivity index (χ0v) is 25.0. The van der Waals surface area contributed by atoms with Crippen molar-refractivity contribution in [3.8, 4) is 5.88 Å². The molecule has 7 rings (SSSR count). The number of rotatable bonds is 13. The van der Waals surface area contributed by atoms with Gasteiger partial charge in [0.15, 0.2) is 5.78 Å². The molecule has 1 atom stereocenters. The highest BCUT2D eigenvalue weighted by atomic mass is 19.1. The third-order valence-electron chi connectivity index (χ3n) is 8.76. The Hall–Kier alpha value is -4.41. The van der Waals surface area contributed by atoms with Gasteiger partial charge >= 0.3 is 0 Å². The maximum Gasteiger partial charge on any atom is 0.293 e. The van der Waals surface area contributed by atoms with Crippen LogP contribution in [0, 0.1) is 11.7 Å². The molecule has 4 heterocycles. The van der Waals surface area contributed by atoms with Gasteiger partial charge in [-0.15, -0.1) is 0 Å². The maximum absolute atomic E-state index is 14.7. The lowest BCUT2D eigenvalue weighted by Crippen LogP contribution is -2.33. The molecule has 2 aromatic carbocycles. The predicted molar refractivity (Wildman–Crippen MR) is 165 cm³/mol. The van der Waals surface area contributed by atoms with E-state index in [-0.39, 0.29) is 31.0 Å². The molecule has 1 saturated heterocycles. The number of Topliss-reactive ketones (excluding diaryl/α,β-unsaturated/α-hetero) is 1. The van der Waals surface area contributed by atoms with E-state index >= 15 is 0 Å². The van der Waals surface area contributed by atoms with E-state index in [9.17, 15) is 14.0 Å². The number of hydrogen-bond acceptors (Lipinski definition) is 8. The molecule has 232 valence electrons. The van der Waals surface area contributed by atoms with E-state index in [1.807, 2.05) is 30.3 Å². The van der Waals surface area contributed by atoms with Gasteiger partial charge in [0.25, 0.3) is 6.47 Å². The first kappa shape index (κ1) is 29.3. The van der Waals surface area contributed by atoms with Crippen molar-refractivity contribution in [2.24, 2.45) is 5.92 Å². The number of carbonyl (C=O) groups excluding carboxylic acids is 2. The molecule has 0 bridgehead atoms. The fraction of sp³-hybridized carbons (Fsp3) is 0.371. The number of hydrogen-bond donors (Lipinski definition) is 0. The molecule has 45 heavy (non-hydrogen) atoms. The summed E-state index contributed by atoms with van der Waals surface area (Å²) in [5, 5.41) is 0. The molecule has 4 aromatic rings. The lowest BCUT2D eigenvalue weighted by atomic mass is 10.0. The Kier molecular flexibility index (Phi) is 8.41. The molecule has 1 aliphatic carbocycles. The van der Waals surface area contributed by atoms with Crippen LogP contribution in [0.15, 0.2) is 60.7 Å². The van der Waals surface area contributed by atoms with Gasteiger partial charge < -0.3 is 18.8 Å². The lowest BCUT2D eigenvalue weighted by molar-refractivity contribution is -0.129. The number of ketones is 1. The Morgan fingerprint density at radius 2 is 1.96 bits per heavy atom. The molecule has 0 spiro atoms. The van der Waals surface area contributed by atoms with E-state index < -0.39 is 5.82 Å². The van der Waals surface area contributed by atoms with E-state index in [1.54, 1.807) is 18.2 Å². The van der Waals surface area contributed by atoms with Gasteiger partial charge in [-0.25, -0.2) is 14.4 Å². The number of ether oxygens (including phenoxy) is 3. The van der Waals surface area contributed by atoms with Crippen molar-refractivity contribution in [3.05, 3.63) is 94.7 Å². The summed E-state index contributed by atoms with van der Waals surface area (Å²) in [5.74, 6) is 1.05. The van der Waals surface area contributed by atoms with Crippen molar-refractivity contribution in [1.82, 2.24) is 19.4 Å². The topological polar surface area (TPSA) is 95.8 Å². The van der Waals surface area contributed by atoms with Crippen molar-refractivity contribution in [2.75, 3.05) is 19.7 Å². The van der Waals surface area contributed by atoms with Crippen LogP contribution in [0.4, 0.5) is 4.39 Å². The molecule has 2 aliphatic heterocycles. The van der Waals surface area contributed by atoms with Gasteiger partial charge in [-0.05, 0) is 61.1 Å². The molecule has 2 fully saturated rings. The second-order valence-electron chi connectivity index (χ2n) is 12.0. The quantitative estimate of drug-likeness (QED) is 0.145. The van der Waals surface area contributed by atoms with Gasteiger partial charge in [0.1, 0.15) is 24.9 Å². The Labute approximate surface area is 260 Å². The van der Waals surface area contributed by atoms with E-state index in [4.69, 9.17) is 24.2 Å². The molecule has 0 unspecified atom stereocenters. The molecule has 1 saturated carbocycles. The molecule has 10 heteroatoms. The highest BCUT2D eigenvalue weighted by molar-refractivity contribution is 5.99. The van der Waals surface area contributed by atoms with Crippen molar-refractivity contribution >= 4 is 28.9 Å². The smallest absolute Gasteiger partial charge is 0.293 e. The standard InChI is InChI=1S/C35H35FN4O5/c36-29-17-26(35(42)25-5-6-25)7-8-27(29)21-45-34-3-1-2-30(38-34)24-10-13-39(14-11-24)19-33-37-31-9-4-23(20-43-22-41)16-32(31)40(33)18-28-12-15-44-28/h1-4,7-10,16-17,22,25,28H,5-6,11-15,18-21H2/t28-/m0/s1. The summed E-state index contributed by atoms with van der Waals surface area (Å²) in [7, 11) is 0. The molecule has 2 aromatic heterocycles. The number of fused-ring (bicyclic) bond motifs is 1. The van der Waals surface area contributed by atoms with Crippen LogP contribution in [-0.4, -0.2) is 57.5 Å². The number of halogens is 1. The SMILES string of the molecule is O=COCc1ccc2nc(CN3CC=C(c4cccc(OCc5ccc(C(=O)C6CC6)cc5F)n4)CC3)n(C[C@@H]3CCO3)c2c1.